The zero-order valence-corrected chi connectivity index (χ0v) is 15.1. The Bertz CT molecular complexity index is 520. The fraction of sp³-hybridized carbons (Fsp3) is 0.529. The molecule has 1 rings (SSSR count). The van der Waals surface area contributed by atoms with Gasteiger partial charge in [-0.2, -0.15) is 0 Å². The first-order chi connectivity index (χ1) is 10.3. The van der Waals surface area contributed by atoms with Crippen molar-refractivity contribution in [3.63, 3.8) is 0 Å². The molecular formula is C17H28ClN3O2. The van der Waals surface area contributed by atoms with Crippen LogP contribution in [0, 0.1) is 12.8 Å². The summed E-state index contributed by atoms with van der Waals surface area (Å²) in [5, 5.41) is 5.67. The molecule has 0 spiro atoms. The van der Waals surface area contributed by atoms with Crippen molar-refractivity contribution in [3.05, 3.63) is 35.4 Å². The second-order valence-electron chi connectivity index (χ2n) is 6.12. The Morgan fingerprint density at radius 1 is 1.13 bits per heavy atom. The summed E-state index contributed by atoms with van der Waals surface area (Å²) in [6, 6.07) is 6.67. The minimum absolute atomic E-state index is 0. The molecule has 2 atom stereocenters. The van der Waals surface area contributed by atoms with Crippen LogP contribution in [0.4, 0.5) is 0 Å². The Morgan fingerprint density at radius 2 is 1.74 bits per heavy atom. The van der Waals surface area contributed by atoms with Gasteiger partial charge in [-0.05, 0) is 37.8 Å². The molecule has 130 valence electrons. The Morgan fingerprint density at radius 3 is 2.26 bits per heavy atom. The Balaban J connectivity index is 0.00000484. The molecule has 0 radical (unpaired) electrons. The van der Waals surface area contributed by atoms with Crippen LogP contribution in [0.3, 0.4) is 0 Å². The quantitative estimate of drug-likeness (QED) is 0.709. The molecule has 23 heavy (non-hydrogen) atoms. The molecule has 1 unspecified atom stereocenters. The average molecular weight is 342 g/mol. The second kappa shape index (κ2) is 10.2. The highest BCUT2D eigenvalue weighted by molar-refractivity contribution is 5.98. The predicted molar refractivity (Wildman–Crippen MR) is 95.8 cm³/mol. The minimum Gasteiger partial charge on any atom is -0.351 e. The highest BCUT2D eigenvalue weighted by Crippen LogP contribution is 2.10. The van der Waals surface area contributed by atoms with E-state index in [-0.39, 0.29) is 30.3 Å². The number of benzene rings is 1. The van der Waals surface area contributed by atoms with Crippen molar-refractivity contribution < 1.29 is 9.59 Å². The van der Waals surface area contributed by atoms with Gasteiger partial charge >= 0.3 is 0 Å². The first-order valence-corrected chi connectivity index (χ1v) is 7.72. The van der Waals surface area contributed by atoms with Crippen LogP contribution in [-0.2, 0) is 4.79 Å². The summed E-state index contributed by atoms with van der Waals surface area (Å²) >= 11 is 0. The minimum atomic E-state index is -0.555. The van der Waals surface area contributed by atoms with Gasteiger partial charge in [0.2, 0.25) is 5.91 Å². The second-order valence-corrected chi connectivity index (χ2v) is 6.12. The van der Waals surface area contributed by atoms with E-state index in [1.165, 1.54) is 0 Å². The van der Waals surface area contributed by atoms with Gasteiger partial charge in [0.15, 0.2) is 0 Å². The Kier molecular flexibility index (Phi) is 9.53. The molecule has 0 aliphatic carbocycles. The summed E-state index contributed by atoms with van der Waals surface area (Å²) in [5.74, 6) is -0.117. The molecule has 0 bridgehead atoms. The van der Waals surface area contributed by atoms with Gasteiger partial charge < -0.3 is 16.4 Å². The molecule has 1 aromatic rings. The van der Waals surface area contributed by atoms with Crippen LogP contribution in [0.15, 0.2) is 24.3 Å². The van der Waals surface area contributed by atoms with Crippen LogP contribution in [0.1, 0.15) is 43.1 Å². The topological polar surface area (TPSA) is 84.2 Å². The van der Waals surface area contributed by atoms with Crippen LogP contribution in [-0.4, -0.2) is 30.4 Å². The molecule has 6 heteroatoms. The van der Waals surface area contributed by atoms with Crippen LogP contribution < -0.4 is 16.4 Å². The third-order valence-electron chi connectivity index (χ3n) is 3.46. The Hall–Kier alpha value is -1.59. The highest BCUT2D eigenvalue weighted by atomic mass is 35.5. The van der Waals surface area contributed by atoms with Crippen molar-refractivity contribution >= 4 is 24.2 Å². The van der Waals surface area contributed by atoms with Crippen molar-refractivity contribution in [1.29, 1.82) is 0 Å². The molecular weight excluding hydrogens is 314 g/mol. The number of rotatable bonds is 7. The predicted octanol–water partition coefficient (Wildman–Crippen LogP) is 2.02. The van der Waals surface area contributed by atoms with Crippen LogP contribution in [0.5, 0.6) is 0 Å². The fourth-order valence-corrected chi connectivity index (χ4v) is 2.17. The van der Waals surface area contributed by atoms with Crippen LogP contribution in [0.25, 0.3) is 0 Å². The third kappa shape index (κ3) is 7.01. The number of halogens is 1. The molecule has 1 aromatic carbocycles. The van der Waals surface area contributed by atoms with E-state index in [2.05, 4.69) is 10.6 Å². The summed E-state index contributed by atoms with van der Waals surface area (Å²) in [5.41, 5.74) is 7.01. The molecule has 0 aliphatic rings. The zero-order valence-electron chi connectivity index (χ0n) is 14.3. The first-order valence-electron chi connectivity index (χ1n) is 7.72. The van der Waals surface area contributed by atoms with Crippen molar-refractivity contribution in [2.45, 2.75) is 46.2 Å². The molecule has 0 aliphatic heterocycles. The van der Waals surface area contributed by atoms with Gasteiger partial charge in [-0.15, -0.1) is 12.4 Å². The first kappa shape index (κ1) is 21.4. The molecule has 2 amide bonds. The van der Waals surface area contributed by atoms with E-state index in [1.807, 2.05) is 45.9 Å². The molecule has 0 heterocycles. The maximum Gasteiger partial charge on any atom is 0.252 e. The Labute approximate surface area is 144 Å². The lowest BCUT2D eigenvalue weighted by Gasteiger charge is -2.22. The summed E-state index contributed by atoms with van der Waals surface area (Å²) in [4.78, 5) is 24.7. The SMILES string of the molecule is Cc1ccccc1C(=O)NC(CC(C)C)C(=O)N[C@@H](C)CN.Cl. The van der Waals surface area contributed by atoms with Crippen molar-refractivity contribution in [3.8, 4) is 0 Å². The zero-order chi connectivity index (χ0) is 16.7. The summed E-state index contributed by atoms with van der Waals surface area (Å²) in [7, 11) is 0. The summed E-state index contributed by atoms with van der Waals surface area (Å²) in [6.07, 6.45) is 0.584. The monoisotopic (exact) mass is 341 g/mol. The smallest absolute Gasteiger partial charge is 0.252 e. The number of nitrogens with two attached hydrogens (primary N) is 1. The summed E-state index contributed by atoms with van der Waals surface area (Å²) < 4.78 is 0. The molecule has 5 nitrogen and oxygen atoms in total. The molecule has 0 aromatic heterocycles. The lowest BCUT2D eigenvalue weighted by atomic mass is 10.0. The normalized spacial score (nSPS) is 13.0. The molecule has 0 fully saturated rings. The van der Waals surface area contributed by atoms with Crippen LogP contribution >= 0.6 is 12.4 Å². The average Bonchev–Trinajstić information content (AvgIpc) is 2.46. The van der Waals surface area contributed by atoms with Crippen molar-refractivity contribution in [1.82, 2.24) is 10.6 Å². The lowest BCUT2D eigenvalue weighted by Crippen LogP contribution is -2.51. The molecule has 4 N–H and O–H groups in total. The standard InChI is InChI=1S/C17H27N3O2.ClH/c1-11(2)9-15(17(22)19-13(4)10-18)20-16(21)14-8-6-5-7-12(14)3;/h5-8,11,13,15H,9-10,18H2,1-4H3,(H,19,22)(H,20,21);1H/t13-,15?;/m0./s1. The van der Waals surface area contributed by atoms with Gasteiger partial charge in [0.1, 0.15) is 6.04 Å². The van der Waals surface area contributed by atoms with Crippen LogP contribution in [0.2, 0.25) is 0 Å². The van der Waals surface area contributed by atoms with Crippen molar-refractivity contribution in [2.24, 2.45) is 11.7 Å². The number of hydrogen-bond acceptors (Lipinski definition) is 3. The van der Waals surface area contributed by atoms with E-state index >= 15 is 0 Å². The van der Waals surface area contributed by atoms with E-state index < -0.39 is 6.04 Å². The van der Waals surface area contributed by atoms with E-state index in [4.69, 9.17) is 5.73 Å². The number of aryl methyl sites for hydroxylation is 1. The van der Waals surface area contributed by atoms with Gasteiger partial charge in [-0.3, -0.25) is 9.59 Å². The van der Waals surface area contributed by atoms with E-state index in [1.54, 1.807) is 6.07 Å². The van der Waals surface area contributed by atoms with Gasteiger partial charge in [0.25, 0.3) is 5.91 Å². The maximum atomic E-state index is 12.4. The van der Waals surface area contributed by atoms with Crippen molar-refractivity contribution in [2.75, 3.05) is 6.54 Å². The number of nitrogens with one attached hydrogen (secondary N) is 2. The van der Waals surface area contributed by atoms with E-state index in [9.17, 15) is 9.59 Å². The molecule has 0 saturated carbocycles. The van der Waals surface area contributed by atoms with Gasteiger partial charge in [-0.25, -0.2) is 0 Å². The largest absolute Gasteiger partial charge is 0.351 e. The number of carbonyl (C=O) groups excluding carboxylic acids is 2. The van der Waals surface area contributed by atoms with Gasteiger partial charge in [0, 0.05) is 18.2 Å². The van der Waals surface area contributed by atoms with E-state index in [0.29, 0.717) is 24.4 Å². The third-order valence-corrected chi connectivity index (χ3v) is 3.46. The highest BCUT2D eigenvalue weighted by Gasteiger charge is 2.23. The number of hydrogen-bond donors (Lipinski definition) is 3. The molecule has 0 saturated heterocycles. The summed E-state index contributed by atoms with van der Waals surface area (Å²) in [6.45, 7) is 8.13. The number of amides is 2. The fourth-order valence-electron chi connectivity index (χ4n) is 2.17. The lowest BCUT2D eigenvalue weighted by molar-refractivity contribution is -0.123. The maximum absolute atomic E-state index is 12.4. The van der Waals surface area contributed by atoms with Gasteiger partial charge in [-0.1, -0.05) is 32.0 Å². The van der Waals surface area contributed by atoms with E-state index in [0.717, 1.165) is 5.56 Å². The number of carbonyl (C=O) groups is 2. The van der Waals surface area contributed by atoms with Gasteiger partial charge in [0.05, 0.1) is 0 Å².